The number of rotatable bonds is 3. The molecule has 4 atom stereocenters. The summed E-state index contributed by atoms with van der Waals surface area (Å²) in [5.74, 6) is 0.718. The maximum absolute atomic E-state index is 5.65. The lowest BCUT2D eigenvalue weighted by Crippen LogP contribution is -2.51. The van der Waals surface area contributed by atoms with E-state index in [-0.39, 0.29) is 17.2 Å². The fraction of sp³-hybridized carbons (Fsp3) is 0.333. The van der Waals surface area contributed by atoms with E-state index in [4.69, 9.17) is 18.0 Å². The second-order valence-electron chi connectivity index (χ2n) is 7.10. The minimum absolute atomic E-state index is 0.224. The Labute approximate surface area is 159 Å². The largest absolute Gasteiger partial charge is 0.375 e. The summed E-state index contributed by atoms with van der Waals surface area (Å²) < 4.78 is 0. The molecule has 0 spiro atoms. The molecule has 2 aromatic carbocycles. The average molecular weight is 365 g/mol. The number of hydrogen-bond acceptors (Lipinski definition) is 3. The molecule has 1 saturated carbocycles. The van der Waals surface area contributed by atoms with Gasteiger partial charge in [-0.15, -0.1) is 0 Å². The van der Waals surface area contributed by atoms with Crippen molar-refractivity contribution in [2.45, 2.75) is 31.3 Å². The van der Waals surface area contributed by atoms with Gasteiger partial charge in [0.2, 0.25) is 0 Å². The van der Waals surface area contributed by atoms with E-state index >= 15 is 0 Å². The van der Waals surface area contributed by atoms with Gasteiger partial charge in [0.25, 0.3) is 0 Å². The molecular weight excluding hydrogens is 340 g/mol. The third-order valence-corrected chi connectivity index (χ3v) is 5.66. The highest BCUT2D eigenvalue weighted by Crippen LogP contribution is 2.46. The lowest BCUT2D eigenvalue weighted by Gasteiger charge is -2.47. The Morgan fingerprint density at radius 3 is 1.88 bits per heavy atom. The number of nitrogens with two attached hydrogens (primary N) is 1. The van der Waals surface area contributed by atoms with Gasteiger partial charge < -0.3 is 11.1 Å². The van der Waals surface area contributed by atoms with Crippen LogP contribution in [0.25, 0.3) is 0 Å². The summed E-state index contributed by atoms with van der Waals surface area (Å²) >= 11 is 4.99. The highest BCUT2D eigenvalue weighted by molar-refractivity contribution is 7.80. The molecule has 26 heavy (non-hydrogen) atoms. The van der Waals surface area contributed by atoms with Crippen LogP contribution in [0.4, 0.5) is 0 Å². The molecule has 2 aromatic rings. The Bertz CT molecular complexity index is 735. The highest BCUT2D eigenvalue weighted by atomic mass is 32.1. The first kappa shape index (κ1) is 17.2. The van der Waals surface area contributed by atoms with Crippen molar-refractivity contribution in [2.75, 3.05) is 0 Å². The van der Waals surface area contributed by atoms with Gasteiger partial charge in [-0.3, -0.25) is 5.43 Å². The van der Waals surface area contributed by atoms with Crippen LogP contribution < -0.4 is 16.5 Å². The molecule has 1 aliphatic carbocycles. The maximum Gasteiger partial charge on any atom is 0.184 e. The van der Waals surface area contributed by atoms with E-state index in [1.54, 1.807) is 0 Å². The third kappa shape index (κ3) is 3.37. The number of nitrogens with zero attached hydrogens (tertiary/aromatic N) is 1. The zero-order chi connectivity index (χ0) is 17.9. The highest BCUT2D eigenvalue weighted by Gasteiger charge is 2.45. The summed E-state index contributed by atoms with van der Waals surface area (Å²) in [5.41, 5.74) is 12.3. The first-order valence-electron chi connectivity index (χ1n) is 9.23. The number of fused-ring (bicyclic) bond motifs is 2. The monoisotopic (exact) mass is 364 g/mol. The molecule has 0 radical (unpaired) electrons. The van der Waals surface area contributed by atoms with E-state index in [2.05, 4.69) is 76.5 Å². The lowest BCUT2D eigenvalue weighted by molar-refractivity contribution is 0.232. The second-order valence-corrected chi connectivity index (χ2v) is 7.54. The average Bonchev–Trinajstić information content (AvgIpc) is 2.68. The van der Waals surface area contributed by atoms with Crippen LogP contribution in [0.1, 0.15) is 42.5 Å². The lowest BCUT2D eigenvalue weighted by atomic mass is 9.67. The number of hydrazone groups is 1. The van der Waals surface area contributed by atoms with Crippen LogP contribution in [0.15, 0.2) is 65.8 Å². The zero-order valence-electron chi connectivity index (χ0n) is 14.6. The molecule has 2 bridgehead atoms. The van der Waals surface area contributed by atoms with E-state index in [0.717, 1.165) is 12.8 Å². The van der Waals surface area contributed by atoms with Crippen molar-refractivity contribution in [1.29, 1.82) is 0 Å². The molecule has 2 fully saturated rings. The Kier molecular flexibility index (Phi) is 5.00. The van der Waals surface area contributed by atoms with Gasteiger partial charge in [0.05, 0.1) is 0 Å². The van der Waals surface area contributed by atoms with Crippen LogP contribution in [0.5, 0.6) is 0 Å². The molecular formula is C21H24N4S. The van der Waals surface area contributed by atoms with E-state index in [9.17, 15) is 0 Å². The number of benzene rings is 2. The van der Waals surface area contributed by atoms with Crippen molar-refractivity contribution in [2.24, 2.45) is 22.7 Å². The predicted molar refractivity (Wildman–Crippen MR) is 110 cm³/mol. The fourth-order valence-corrected chi connectivity index (χ4v) is 4.54. The Morgan fingerprint density at radius 1 is 0.923 bits per heavy atom. The molecule has 4 N–H and O–H groups in total. The van der Waals surface area contributed by atoms with Gasteiger partial charge in [0.15, 0.2) is 5.11 Å². The number of hydrogen-bond donors (Lipinski definition) is 3. The topological polar surface area (TPSA) is 62.4 Å². The standard InChI is InChI=1S/C21H24N4S/c22-21(26)25-24-20-16-12-7-13-17(20)19(15-10-5-2-6-11-15)23-18(16)14-8-3-1-4-9-14/h1-6,8-11,16-19,23H,7,12-13H2,(H3,22,25,26)/t16-,17-,18-,19+/m0/s1. The summed E-state index contributed by atoms with van der Waals surface area (Å²) in [7, 11) is 0. The SMILES string of the molecule is NC(=S)NN=C1[C@H]2CCC[C@H]1[C@H](c1ccccc1)N[C@@H]2c1ccccc1. The molecule has 0 unspecified atom stereocenters. The molecule has 1 aliphatic heterocycles. The van der Waals surface area contributed by atoms with Gasteiger partial charge in [-0.25, -0.2) is 0 Å². The second kappa shape index (κ2) is 7.56. The summed E-state index contributed by atoms with van der Waals surface area (Å²) in [6, 6.07) is 21.8. The summed E-state index contributed by atoms with van der Waals surface area (Å²) in [5, 5.41) is 8.84. The molecule has 134 valence electrons. The first-order chi connectivity index (χ1) is 12.7. The first-order valence-corrected chi connectivity index (χ1v) is 9.63. The van der Waals surface area contributed by atoms with Crippen molar-refractivity contribution in [3.8, 4) is 0 Å². The van der Waals surface area contributed by atoms with E-state index in [0.29, 0.717) is 11.8 Å². The molecule has 2 aliphatic rings. The molecule has 4 nitrogen and oxygen atoms in total. The van der Waals surface area contributed by atoms with Gasteiger partial charge in [-0.1, -0.05) is 67.1 Å². The summed E-state index contributed by atoms with van der Waals surface area (Å²) in [4.78, 5) is 0. The van der Waals surface area contributed by atoms with Crippen LogP contribution >= 0.6 is 12.2 Å². The van der Waals surface area contributed by atoms with Gasteiger partial charge >= 0.3 is 0 Å². The zero-order valence-corrected chi connectivity index (χ0v) is 15.5. The predicted octanol–water partition coefficient (Wildman–Crippen LogP) is 3.68. The van der Waals surface area contributed by atoms with Gasteiger partial charge in [0, 0.05) is 29.6 Å². The van der Waals surface area contributed by atoms with E-state index < -0.39 is 0 Å². The van der Waals surface area contributed by atoms with Gasteiger partial charge in [-0.05, 0) is 36.2 Å². The molecule has 1 heterocycles. The van der Waals surface area contributed by atoms with Crippen molar-refractivity contribution < 1.29 is 0 Å². The van der Waals surface area contributed by atoms with Crippen LogP contribution in [-0.2, 0) is 0 Å². The van der Waals surface area contributed by atoms with Crippen molar-refractivity contribution in [3.63, 3.8) is 0 Å². The van der Waals surface area contributed by atoms with E-state index in [1.165, 1.54) is 23.3 Å². The molecule has 4 rings (SSSR count). The minimum Gasteiger partial charge on any atom is -0.375 e. The summed E-state index contributed by atoms with van der Waals surface area (Å²) in [6.07, 6.45) is 3.47. The number of nitrogens with one attached hydrogen (secondary N) is 2. The maximum atomic E-state index is 5.65. The van der Waals surface area contributed by atoms with Crippen molar-refractivity contribution in [3.05, 3.63) is 71.8 Å². The van der Waals surface area contributed by atoms with Crippen molar-refractivity contribution >= 4 is 23.0 Å². The minimum atomic E-state index is 0.224. The van der Waals surface area contributed by atoms with Gasteiger partial charge in [0.1, 0.15) is 0 Å². The Morgan fingerprint density at radius 2 is 1.42 bits per heavy atom. The van der Waals surface area contributed by atoms with Crippen LogP contribution in [0.2, 0.25) is 0 Å². The van der Waals surface area contributed by atoms with Crippen LogP contribution in [-0.4, -0.2) is 10.8 Å². The quantitative estimate of drug-likeness (QED) is 0.574. The smallest absolute Gasteiger partial charge is 0.184 e. The van der Waals surface area contributed by atoms with Crippen molar-refractivity contribution in [1.82, 2.24) is 10.7 Å². The Balaban J connectivity index is 1.76. The fourth-order valence-electron chi connectivity index (χ4n) is 4.49. The molecule has 1 saturated heterocycles. The normalized spacial score (nSPS) is 29.3. The number of thiocarbonyl (C=S) groups is 1. The summed E-state index contributed by atoms with van der Waals surface area (Å²) in [6.45, 7) is 0. The van der Waals surface area contributed by atoms with E-state index in [1.807, 2.05) is 0 Å². The third-order valence-electron chi connectivity index (χ3n) is 5.57. The van der Waals surface area contributed by atoms with Crippen LogP contribution in [0.3, 0.4) is 0 Å². The molecule has 0 aromatic heterocycles. The molecule has 0 amide bonds. The van der Waals surface area contributed by atoms with Gasteiger partial charge in [-0.2, -0.15) is 5.10 Å². The number of piperidine rings is 1. The Hall–Kier alpha value is -2.24. The molecule has 5 heteroatoms. The van der Waals surface area contributed by atoms with Crippen LogP contribution in [0, 0.1) is 11.8 Å².